The molecule has 1 aromatic heterocycles. The molecule has 1 aromatic rings. The topological polar surface area (TPSA) is 36.7 Å². The Hall–Kier alpha value is -1.43. The molecule has 0 unspecified atom stereocenters. The molecule has 0 N–H and O–H groups in total. The normalized spacial score (nSPS) is 9.18. The molecule has 0 atom stereocenters. The lowest BCUT2D eigenvalue weighted by Crippen LogP contribution is -1.93. The van der Waals surface area contributed by atoms with Gasteiger partial charge in [0, 0.05) is 5.56 Å². The molecule has 0 aliphatic rings. The van der Waals surface area contributed by atoms with Gasteiger partial charge in [0.05, 0.1) is 18.2 Å². The average Bonchev–Trinajstić information content (AvgIpc) is 1.98. The molecule has 0 saturated heterocycles. The molecule has 3 heteroatoms. The summed E-state index contributed by atoms with van der Waals surface area (Å²) in [6, 6.07) is 5.18. The molecule has 0 aromatic carbocycles. The number of hydrogen-bond acceptors (Lipinski definition) is 2. The lowest BCUT2D eigenvalue weighted by molar-refractivity contribution is 0.569. The van der Waals surface area contributed by atoms with Gasteiger partial charge in [-0.25, -0.2) is 4.98 Å². The Kier molecular flexibility index (Phi) is 2.17. The van der Waals surface area contributed by atoms with E-state index in [2.05, 4.69) is 4.98 Å². The standard InChI is InChI=1S/C8H7FN2/c1-6-2-3-7(4-5-10)11-8(6)9/h2-3H,4H2,1H3. The van der Waals surface area contributed by atoms with Gasteiger partial charge in [-0.15, -0.1) is 0 Å². The van der Waals surface area contributed by atoms with Gasteiger partial charge in [-0.3, -0.25) is 0 Å². The highest BCUT2D eigenvalue weighted by atomic mass is 19.1. The molecule has 0 radical (unpaired) electrons. The second kappa shape index (κ2) is 3.11. The van der Waals surface area contributed by atoms with Crippen LogP contribution in [0.25, 0.3) is 0 Å². The molecule has 2 nitrogen and oxygen atoms in total. The van der Waals surface area contributed by atoms with Crippen molar-refractivity contribution < 1.29 is 4.39 Å². The maximum Gasteiger partial charge on any atom is 0.216 e. The highest BCUT2D eigenvalue weighted by Gasteiger charge is 1.99. The van der Waals surface area contributed by atoms with Crippen molar-refractivity contribution in [3.05, 3.63) is 29.3 Å². The van der Waals surface area contributed by atoms with E-state index < -0.39 is 5.95 Å². The van der Waals surface area contributed by atoms with Crippen LogP contribution >= 0.6 is 0 Å². The number of nitrogens with zero attached hydrogens (tertiary/aromatic N) is 2. The summed E-state index contributed by atoms with van der Waals surface area (Å²) in [5.74, 6) is -0.488. The lowest BCUT2D eigenvalue weighted by atomic mass is 10.2. The second-order valence-electron chi connectivity index (χ2n) is 2.25. The third-order valence-electron chi connectivity index (χ3n) is 1.35. The van der Waals surface area contributed by atoms with Gasteiger partial charge in [0.15, 0.2) is 0 Å². The molecular formula is C8H7FN2. The fourth-order valence-electron chi connectivity index (χ4n) is 0.721. The van der Waals surface area contributed by atoms with Crippen molar-refractivity contribution in [1.29, 1.82) is 5.26 Å². The highest BCUT2D eigenvalue weighted by molar-refractivity contribution is 5.15. The predicted octanol–water partition coefficient (Wildman–Crippen LogP) is 1.60. The zero-order valence-electron chi connectivity index (χ0n) is 6.13. The Morgan fingerprint density at radius 2 is 2.36 bits per heavy atom. The van der Waals surface area contributed by atoms with E-state index in [0.717, 1.165) is 0 Å². The van der Waals surface area contributed by atoms with E-state index in [0.29, 0.717) is 11.3 Å². The van der Waals surface area contributed by atoms with Crippen molar-refractivity contribution in [3.8, 4) is 6.07 Å². The van der Waals surface area contributed by atoms with E-state index in [4.69, 9.17) is 5.26 Å². The third kappa shape index (κ3) is 1.74. The molecular weight excluding hydrogens is 143 g/mol. The largest absolute Gasteiger partial charge is 0.224 e. The number of aromatic nitrogens is 1. The Morgan fingerprint density at radius 1 is 1.64 bits per heavy atom. The first kappa shape index (κ1) is 7.67. The van der Waals surface area contributed by atoms with Crippen LogP contribution in [0.3, 0.4) is 0 Å². The first-order chi connectivity index (χ1) is 5.24. The van der Waals surface area contributed by atoms with Crippen LogP contribution in [-0.4, -0.2) is 4.98 Å². The summed E-state index contributed by atoms with van der Waals surface area (Å²) in [5, 5.41) is 8.27. The Balaban J connectivity index is 2.98. The fourth-order valence-corrected chi connectivity index (χ4v) is 0.721. The van der Waals surface area contributed by atoms with Gasteiger partial charge < -0.3 is 0 Å². The molecule has 0 aliphatic heterocycles. The van der Waals surface area contributed by atoms with E-state index in [1.165, 1.54) is 0 Å². The smallest absolute Gasteiger partial charge is 0.216 e. The monoisotopic (exact) mass is 150 g/mol. The molecule has 0 spiro atoms. The molecule has 0 fully saturated rings. The van der Waals surface area contributed by atoms with Crippen molar-refractivity contribution in [3.63, 3.8) is 0 Å². The van der Waals surface area contributed by atoms with Crippen LogP contribution in [0.1, 0.15) is 11.3 Å². The Labute approximate surface area is 64.3 Å². The third-order valence-corrected chi connectivity index (χ3v) is 1.35. The molecule has 11 heavy (non-hydrogen) atoms. The number of hydrogen-bond donors (Lipinski definition) is 0. The summed E-state index contributed by atoms with van der Waals surface area (Å²) < 4.78 is 12.7. The number of nitriles is 1. The summed E-state index contributed by atoms with van der Waals surface area (Å²) in [6.45, 7) is 1.64. The van der Waals surface area contributed by atoms with Gasteiger partial charge in [0.1, 0.15) is 0 Å². The van der Waals surface area contributed by atoms with Crippen molar-refractivity contribution in [2.75, 3.05) is 0 Å². The van der Waals surface area contributed by atoms with Gasteiger partial charge in [-0.05, 0) is 13.0 Å². The number of rotatable bonds is 1. The fraction of sp³-hybridized carbons (Fsp3) is 0.250. The summed E-state index contributed by atoms with van der Waals surface area (Å²) in [4.78, 5) is 3.57. The minimum Gasteiger partial charge on any atom is -0.224 e. The summed E-state index contributed by atoms with van der Waals surface area (Å²) in [5.41, 5.74) is 0.988. The number of aryl methyl sites for hydroxylation is 1. The second-order valence-corrected chi connectivity index (χ2v) is 2.25. The first-order valence-corrected chi connectivity index (χ1v) is 3.23. The van der Waals surface area contributed by atoms with E-state index in [1.807, 2.05) is 6.07 Å². The first-order valence-electron chi connectivity index (χ1n) is 3.23. The van der Waals surface area contributed by atoms with E-state index >= 15 is 0 Å². The van der Waals surface area contributed by atoms with Gasteiger partial charge >= 0.3 is 0 Å². The molecule has 0 amide bonds. The highest BCUT2D eigenvalue weighted by Crippen LogP contribution is 2.04. The Bertz CT molecular complexity index is 301. The summed E-state index contributed by atoms with van der Waals surface area (Å²) in [6.07, 6.45) is 0.164. The van der Waals surface area contributed by atoms with E-state index in [9.17, 15) is 4.39 Å². The van der Waals surface area contributed by atoms with Crippen molar-refractivity contribution in [2.45, 2.75) is 13.3 Å². The van der Waals surface area contributed by atoms with Crippen molar-refractivity contribution in [1.82, 2.24) is 4.98 Å². The van der Waals surface area contributed by atoms with Crippen LogP contribution in [0.5, 0.6) is 0 Å². The van der Waals surface area contributed by atoms with E-state index in [-0.39, 0.29) is 6.42 Å². The quantitative estimate of drug-likeness (QED) is 0.570. The number of pyridine rings is 1. The van der Waals surface area contributed by atoms with Crippen molar-refractivity contribution in [2.24, 2.45) is 0 Å². The van der Waals surface area contributed by atoms with Gasteiger partial charge in [-0.2, -0.15) is 9.65 Å². The molecule has 0 aliphatic carbocycles. The summed E-state index contributed by atoms with van der Waals surface area (Å²) in [7, 11) is 0. The molecule has 0 saturated carbocycles. The van der Waals surface area contributed by atoms with Crippen LogP contribution < -0.4 is 0 Å². The van der Waals surface area contributed by atoms with Gasteiger partial charge in [0.2, 0.25) is 5.95 Å². The van der Waals surface area contributed by atoms with E-state index in [1.54, 1.807) is 19.1 Å². The molecule has 1 heterocycles. The summed E-state index contributed by atoms with van der Waals surface area (Å²) >= 11 is 0. The molecule has 0 bridgehead atoms. The van der Waals surface area contributed by atoms with Gasteiger partial charge in [-0.1, -0.05) is 6.07 Å². The Morgan fingerprint density at radius 3 is 2.91 bits per heavy atom. The minimum atomic E-state index is -0.488. The molecule has 56 valence electrons. The predicted molar refractivity (Wildman–Crippen MR) is 38.2 cm³/mol. The zero-order valence-corrected chi connectivity index (χ0v) is 6.13. The van der Waals surface area contributed by atoms with Crippen LogP contribution in [0, 0.1) is 24.2 Å². The minimum absolute atomic E-state index is 0.164. The van der Waals surface area contributed by atoms with Crippen molar-refractivity contribution >= 4 is 0 Å². The van der Waals surface area contributed by atoms with Crippen LogP contribution in [0.4, 0.5) is 4.39 Å². The van der Waals surface area contributed by atoms with Crippen LogP contribution in [-0.2, 0) is 6.42 Å². The average molecular weight is 150 g/mol. The lowest BCUT2D eigenvalue weighted by Gasteiger charge is -1.96. The van der Waals surface area contributed by atoms with Crippen LogP contribution in [0.2, 0.25) is 0 Å². The molecule has 1 rings (SSSR count). The zero-order chi connectivity index (χ0) is 8.27. The van der Waals surface area contributed by atoms with Gasteiger partial charge in [0.25, 0.3) is 0 Å². The number of halogens is 1. The van der Waals surface area contributed by atoms with Crippen LogP contribution in [0.15, 0.2) is 12.1 Å². The maximum absolute atomic E-state index is 12.7. The SMILES string of the molecule is Cc1ccc(CC#N)nc1F. The maximum atomic E-state index is 12.7.